The Hall–Kier alpha value is -3.60. The van der Waals surface area contributed by atoms with Crippen molar-refractivity contribution < 1.29 is 9.53 Å². The summed E-state index contributed by atoms with van der Waals surface area (Å²) in [7, 11) is 0. The number of carbonyl (C=O) groups is 1. The van der Waals surface area contributed by atoms with Gasteiger partial charge < -0.3 is 10.1 Å². The fourth-order valence-corrected chi connectivity index (χ4v) is 2.91. The monoisotopic (exact) mass is 357 g/mol. The van der Waals surface area contributed by atoms with Crippen LogP contribution in [0.15, 0.2) is 85.1 Å². The molecule has 3 aromatic carbocycles. The summed E-state index contributed by atoms with van der Waals surface area (Å²) in [6, 6.07) is 25.6. The molecule has 27 heavy (non-hydrogen) atoms. The minimum atomic E-state index is -0.224. The zero-order chi connectivity index (χ0) is 18.5. The molecule has 0 saturated heterocycles. The van der Waals surface area contributed by atoms with Crippen LogP contribution in [0.4, 0.5) is 5.82 Å². The van der Waals surface area contributed by atoms with Gasteiger partial charge in [-0.15, -0.1) is 0 Å². The molecule has 0 unspecified atom stereocenters. The molecule has 5 nitrogen and oxygen atoms in total. The fraction of sp³-hybridized carbons (Fsp3) is 0.0909. The van der Waals surface area contributed by atoms with Crippen molar-refractivity contribution in [2.24, 2.45) is 0 Å². The van der Waals surface area contributed by atoms with E-state index in [-0.39, 0.29) is 12.5 Å². The standard InChI is InChI=1S/C22H19N3O2/c26-22(16-27-20-11-10-18-8-4-5-9-19(18)14-20)24-21-12-13-23-25(21)15-17-6-2-1-3-7-17/h1-14H,15-16H2,(H,24,26). The van der Waals surface area contributed by atoms with Crippen molar-refractivity contribution in [3.05, 3.63) is 90.6 Å². The first-order valence-electron chi connectivity index (χ1n) is 8.75. The van der Waals surface area contributed by atoms with Crippen molar-refractivity contribution in [1.82, 2.24) is 9.78 Å². The molecular weight excluding hydrogens is 338 g/mol. The van der Waals surface area contributed by atoms with Gasteiger partial charge in [-0.1, -0.05) is 60.7 Å². The van der Waals surface area contributed by atoms with Gasteiger partial charge in [-0.2, -0.15) is 5.10 Å². The molecule has 0 fully saturated rings. The van der Waals surface area contributed by atoms with E-state index in [0.29, 0.717) is 18.1 Å². The number of carbonyl (C=O) groups excluding carboxylic acids is 1. The first-order valence-corrected chi connectivity index (χ1v) is 8.75. The molecule has 4 aromatic rings. The molecule has 0 aliphatic rings. The van der Waals surface area contributed by atoms with Gasteiger partial charge in [-0.25, -0.2) is 4.68 Å². The van der Waals surface area contributed by atoms with E-state index in [1.54, 1.807) is 16.9 Å². The molecule has 5 heteroatoms. The van der Waals surface area contributed by atoms with Crippen molar-refractivity contribution in [1.29, 1.82) is 0 Å². The molecule has 0 aliphatic carbocycles. The highest BCUT2D eigenvalue weighted by molar-refractivity contribution is 5.91. The van der Waals surface area contributed by atoms with Crippen molar-refractivity contribution in [3.8, 4) is 5.75 Å². The molecule has 0 radical (unpaired) electrons. The topological polar surface area (TPSA) is 56.1 Å². The van der Waals surface area contributed by atoms with Crippen LogP contribution in [-0.2, 0) is 11.3 Å². The van der Waals surface area contributed by atoms with E-state index in [1.165, 1.54) is 0 Å². The summed E-state index contributed by atoms with van der Waals surface area (Å²) >= 11 is 0. The second kappa shape index (κ2) is 7.74. The summed E-state index contributed by atoms with van der Waals surface area (Å²) in [5, 5.41) is 9.35. The van der Waals surface area contributed by atoms with Gasteiger partial charge in [0, 0.05) is 6.07 Å². The van der Waals surface area contributed by atoms with E-state index in [4.69, 9.17) is 4.74 Å². The Bertz CT molecular complexity index is 1060. The van der Waals surface area contributed by atoms with E-state index in [9.17, 15) is 4.79 Å². The Labute approximate surface area is 157 Å². The molecule has 134 valence electrons. The summed E-state index contributed by atoms with van der Waals surface area (Å²) in [4.78, 5) is 12.3. The summed E-state index contributed by atoms with van der Waals surface area (Å²) < 4.78 is 7.39. The SMILES string of the molecule is O=C(COc1ccc2ccccc2c1)Nc1ccnn1Cc1ccccc1. The number of hydrogen-bond acceptors (Lipinski definition) is 3. The zero-order valence-corrected chi connectivity index (χ0v) is 14.7. The maximum absolute atomic E-state index is 12.3. The molecule has 1 heterocycles. The van der Waals surface area contributed by atoms with Crippen molar-refractivity contribution in [3.63, 3.8) is 0 Å². The Morgan fingerprint density at radius 2 is 1.70 bits per heavy atom. The average Bonchev–Trinajstić information content (AvgIpc) is 3.13. The van der Waals surface area contributed by atoms with Gasteiger partial charge in [-0.05, 0) is 28.5 Å². The third kappa shape index (κ3) is 4.15. The fourth-order valence-electron chi connectivity index (χ4n) is 2.91. The number of nitrogens with one attached hydrogen (secondary N) is 1. The van der Waals surface area contributed by atoms with Crippen LogP contribution in [0.25, 0.3) is 10.8 Å². The molecule has 4 rings (SSSR count). The van der Waals surface area contributed by atoms with Gasteiger partial charge in [0.2, 0.25) is 0 Å². The second-order valence-electron chi connectivity index (χ2n) is 6.21. The molecule has 1 aromatic heterocycles. The van der Waals surface area contributed by atoms with Gasteiger partial charge in [0.15, 0.2) is 6.61 Å². The van der Waals surface area contributed by atoms with E-state index >= 15 is 0 Å². The van der Waals surface area contributed by atoms with Crippen LogP contribution in [0.2, 0.25) is 0 Å². The predicted molar refractivity (Wildman–Crippen MR) is 106 cm³/mol. The van der Waals surface area contributed by atoms with Gasteiger partial charge in [-0.3, -0.25) is 4.79 Å². The molecule has 1 amide bonds. The number of benzene rings is 3. The lowest BCUT2D eigenvalue weighted by molar-refractivity contribution is -0.118. The van der Waals surface area contributed by atoms with E-state index < -0.39 is 0 Å². The van der Waals surface area contributed by atoms with Gasteiger partial charge in [0.05, 0.1) is 12.7 Å². The highest BCUT2D eigenvalue weighted by atomic mass is 16.5. The van der Waals surface area contributed by atoms with Crippen LogP contribution >= 0.6 is 0 Å². The van der Waals surface area contributed by atoms with Crippen molar-refractivity contribution in [2.75, 3.05) is 11.9 Å². The third-order valence-corrected chi connectivity index (χ3v) is 4.25. The molecule has 1 N–H and O–H groups in total. The summed E-state index contributed by atoms with van der Waals surface area (Å²) in [6.07, 6.45) is 1.67. The highest BCUT2D eigenvalue weighted by Crippen LogP contribution is 2.20. The maximum atomic E-state index is 12.3. The minimum absolute atomic E-state index is 0.0607. The first kappa shape index (κ1) is 16.8. The van der Waals surface area contributed by atoms with E-state index in [0.717, 1.165) is 16.3 Å². The van der Waals surface area contributed by atoms with Gasteiger partial charge >= 0.3 is 0 Å². The number of fused-ring (bicyclic) bond motifs is 1. The van der Waals surface area contributed by atoms with Crippen LogP contribution < -0.4 is 10.1 Å². The van der Waals surface area contributed by atoms with E-state index in [1.807, 2.05) is 72.8 Å². The van der Waals surface area contributed by atoms with Crippen LogP contribution in [0.5, 0.6) is 5.75 Å². The largest absolute Gasteiger partial charge is 0.484 e. The average molecular weight is 357 g/mol. The number of hydrogen-bond donors (Lipinski definition) is 1. The van der Waals surface area contributed by atoms with Crippen LogP contribution in [0, 0.1) is 0 Å². The number of aromatic nitrogens is 2. The Balaban J connectivity index is 1.37. The smallest absolute Gasteiger partial charge is 0.263 e. The van der Waals surface area contributed by atoms with Crippen molar-refractivity contribution in [2.45, 2.75) is 6.54 Å². The normalized spacial score (nSPS) is 10.7. The van der Waals surface area contributed by atoms with Crippen LogP contribution in [0.3, 0.4) is 0 Å². The Morgan fingerprint density at radius 1 is 0.926 bits per heavy atom. The molecule has 0 aliphatic heterocycles. The number of nitrogens with zero attached hydrogens (tertiary/aromatic N) is 2. The summed E-state index contributed by atoms with van der Waals surface area (Å²) in [5.74, 6) is 1.09. The zero-order valence-electron chi connectivity index (χ0n) is 14.7. The Kier molecular flexibility index (Phi) is 4.83. The molecule has 0 spiro atoms. The van der Waals surface area contributed by atoms with E-state index in [2.05, 4.69) is 10.4 Å². The number of amides is 1. The highest BCUT2D eigenvalue weighted by Gasteiger charge is 2.09. The predicted octanol–water partition coefficient (Wildman–Crippen LogP) is 4.10. The van der Waals surface area contributed by atoms with Crippen LogP contribution in [0.1, 0.15) is 5.56 Å². The second-order valence-corrected chi connectivity index (χ2v) is 6.21. The Morgan fingerprint density at radius 3 is 2.56 bits per heavy atom. The molecule has 0 atom stereocenters. The molecule has 0 bridgehead atoms. The lowest BCUT2D eigenvalue weighted by Gasteiger charge is -2.10. The lowest BCUT2D eigenvalue weighted by atomic mass is 10.1. The van der Waals surface area contributed by atoms with Crippen molar-refractivity contribution >= 4 is 22.5 Å². The maximum Gasteiger partial charge on any atom is 0.263 e. The molecular formula is C22H19N3O2. The third-order valence-electron chi connectivity index (χ3n) is 4.25. The quantitative estimate of drug-likeness (QED) is 0.565. The van der Waals surface area contributed by atoms with Gasteiger partial charge in [0.25, 0.3) is 5.91 Å². The summed E-state index contributed by atoms with van der Waals surface area (Å²) in [5.41, 5.74) is 1.11. The number of rotatable bonds is 6. The first-order chi connectivity index (χ1) is 13.3. The number of anilines is 1. The molecule has 0 saturated carbocycles. The minimum Gasteiger partial charge on any atom is -0.484 e. The number of ether oxygens (including phenoxy) is 1. The van der Waals surface area contributed by atoms with Crippen LogP contribution in [-0.4, -0.2) is 22.3 Å². The summed E-state index contributed by atoms with van der Waals surface area (Å²) in [6.45, 7) is 0.532. The lowest BCUT2D eigenvalue weighted by Crippen LogP contribution is -2.22. The van der Waals surface area contributed by atoms with Gasteiger partial charge in [0.1, 0.15) is 11.6 Å².